The van der Waals surface area contributed by atoms with Gasteiger partial charge in [0.15, 0.2) is 0 Å². The molecule has 1 N–H and O–H groups in total. The van der Waals surface area contributed by atoms with Crippen molar-refractivity contribution in [2.75, 3.05) is 33.2 Å². The van der Waals surface area contributed by atoms with E-state index in [1.54, 1.807) is 6.07 Å². The van der Waals surface area contributed by atoms with E-state index in [4.69, 9.17) is 5.11 Å². The molecule has 0 saturated carbocycles. The number of aryl methyl sites for hydroxylation is 1. The van der Waals surface area contributed by atoms with Crippen LogP contribution in [0.4, 0.5) is 0 Å². The molecule has 20 heavy (non-hydrogen) atoms. The standard InChI is InChI=1S/C16H22N2O2/c1-17-7-9-18(10-8-17)15-4-2-3-12-11-13(16(19)20)5-6-14(12)15/h5-6,11,15H,2-4,7-10H2,1H3,(H,19,20). The van der Waals surface area contributed by atoms with Crippen LogP contribution in [0.3, 0.4) is 0 Å². The van der Waals surface area contributed by atoms with Crippen LogP contribution in [0.25, 0.3) is 0 Å². The Labute approximate surface area is 120 Å². The first-order chi connectivity index (χ1) is 9.65. The second-order valence-corrected chi connectivity index (χ2v) is 5.97. The second-order valence-electron chi connectivity index (χ2n) is 5.97. The highest BCUT2D eigenvalue weighted by atomic mass is 16.4. The fourth-order valence-electron chi connectivity index (χ4n) is 3.43. The van der Waals surface area contributed by atoms with Crippen LogP contribution in [-0.2, 0) is 6.42 Å². The molecule has 1 heterocycles. The molecular weight excluding hydrogens is 252 g/mol. The molecule has 2 aliphatic rings. The van der Waals surface area contributed by atoms with E-state index in [1.165, 1.54) is 17.5 Å². The smallest absolute Gasteiger partial charge is 0.335 e. The lowest BCUT2D eigenvalue weighted by atomic mass is 9.85. The molecule has 1 atom stereocenters. The lowest BCUT2D eigenvalue weighted by Crippen LogP contribution is -2.46. The normalized spacial score (nSPS) is 24.4. The van der Waals surface area contributed by atoms with Crippen LogP contribution < -0.4 is 0 Å². The maximum atomic E-state index is 11.1. The Morgan fingerprint density at radius 2 is 2.00 bits per heavy atom. The summed E-state index contributed by atoms with van der Waals surface area (Å²) in [5.74, 6) is -0.825. The third kappa shape index (κ3) is 2.58. The molecule has 3 rings (SSSR count). The van der Waals surface area contributed by atoms with Gasteiger partial charge in [-0.1, -0.05) is 6.07 Å². The quantitative estimate of drug-likeness (QED) is 0.896. The molecule has 4 heteroatoms. The predicted molar refractivity (Wildman–Crippen MR) is 78.2 cm³/mol. The summed E-state index contributed by atoms with van der Waals surface area (Å²) in [6, 6.07) is 6.16. The number of benzene rings is 1. The number of carboxylic acid groups (broad SMARTS) is 1. The van der Waals surface area contributed by atoms with Crippen LogP contribution in [0.2, 0.25) is 0 Å². The molecule has 0 radical (unpaired) electrons. The van der Waals surface area contributed by atoms with E-state index < -0.39 is 5.97 Å². The summed E-state index contributed by atoms with van der Waals surface area (Å²) in [7, 11) is 2.17. The minimum Gasteiger partial charge on any atom is -0.478 e. The van der Waals surface area contributed by atoms with Crippen LogP contribution in [0.1, 0.15) is 40.4 Å². The van der Waals surface area contributed by atoms with E-state index in [0.29, 0.717) is 11.6 Å². The number of aromatic carboxylic acids is 1. The van der Waals surface area contributed by atoms with Crippen molar-refractivity contribution in [3.05, 3.63) is 34.9 Å². The molecule has 0 bridgehead atoms. The largest absolute Gasteiger partial charge is 0.478 e. The highest BCUT2D eigenvalue weighted by Gasteiger charge is 2.28. The van der Waals surface area contributed by atoms with E-state index in [-0.39, 0.29) is 0 Å². The second kappa shape index (κ2) is 5.54. The zero-order valence-corrected chi connectivity index (χ0v) is 12.0. The minimum absolute atomic E-state index is 0.419. The van der Waals surface area contributed by atoms with Crippen LogP contribution in [0, 0.1) is 0 Å². The third-order valence-corrected chi connectivity index (χ3v) is 4.65. The maximum absolute atomic E-state index is 11.1. The van der Waals surface area contributed by atoms with Gasteiger partial charge in [0.05, 0.1) is 5.56 Å². The van der Waals surface area contributed by atoms with Gasteiger partial charge in [0.25, 0.3) is 0 Å². The van der Waals surface area contributed by atoms with E-state index >= 15 is 0 Å². The van der Waals surface area contributed by atoms with Gasteiger partial charge < -0.3 is 10.0 Å². The molecule has 1 aromatic rings. The average molecular weight is 274 g/mol. The summed E-state index contributed by atoms with van der Waals surface area (Å²) in [5, 5.41) is 9.11. The van der Waals surface area contributed by atoms with Crippen molar-refractivity contribution < 1.29 is 9.90 Å². The lowest BCUT2D eigenvalue weighted by molar-refractivity contribution is 0.0696. The molecule has 0 spiro atoms. The van der Waals surface area contributed by atoms with E-state index in [9.17, 15) is 4.79 Å². The van der Waals surface area contributed by atoms with Crippen LogP contribution in [-0.4, -0.2) is 54.1 Å². The highest BCUT2D eigenvalue weighted by Crippen LogP contribution is 2.35. The van der Waals surface area contributed by atoms with Crippen LogP contribution in [0.5, 0.6) is 0 Å². The van der Waals surface area contributed by atoms with Crippen LogP contribution >= 0.6 is 0 Å². The summed E-state index contributed by atoms with van der Waals surface area (Å²) in [4.78, 5) is 16.0. The highest BCUT2D eigenvalue weighted by molar-refractivity contribution is 5.88. The van der Waals surface area contributed by atoms with Gasteiger partial charge in [-0.3, -0.25) is 4.90 Å². The molecule has 1 fully saturated rings. The van der Waals surface area contributed by atoms with Crippen molar-refractivity contribution in [2.24, 2.45) is 0 Å². The maximum Gasteiger partial charge on any atom is 0.335 e. The molecule has 108 valence electrons. The zero-order valence-electron chi connectivity index (χ0n) is 12.0. The van der Waals surface area contributed by atoms with Crippen molar-refractivity contribution in [3.63, 3.8) is 0 Å². The molecular formula is C16H22N2O2. The number of carbonyl (C=O) groups is 1. The number of hydrogen-bond acceptors (Lipinski definition) is 3. The Bertz CT molecular complexity index is 507. The van der Waals surface area contributed by atoms with Crippen LogP contribution in [0.15, 0.2) is 18.2 Å². The number of likely N-dealkylation sites (N-methyl/N-ethyl adjacent to an activating group) is 1. The number of fused-ring (bicyclic) bond motifs is 1. The molecule has 0 aromatic heterocycles. The average Bonchev–Trinajstić information content (AvgIpc) is 2.47. The van der Waals surface area contributed by atoms with Crippen molar-refractivity contribution in [2.45, 2.75) is 25.3 Å². The number of nitrogens with zero attached hydrogens (tertiary/aromatic N) is 2. The van der Waals surface area contributed by atoms with Crippen molar-refractivity contribution >= 4 is 5.97 Å². The summed E-state index contributed by atoms with van der Waals surface area (Å²) < 4.78 is 0. The van der Waals surface area contributed by atoms with Gasteiger partial charge in [-0.15, -0.1) is 0 Å². The van der Waals surface area contributed by atoms with E-state index in [0.717, 1.165) is 39.0 Å². The Morgan fingerprint density at radius 1 is 1.25 bits per heavy atom. The summed E-state index contributed by atoms with van der Waals surface area (Å²) in [6.07, 6.45) is 3.37. The van der Waals surface area contributed by atoms with Crippen molar-refractivity contribution in [1.82, 2.24) is 9.80 Å². The van der Waals surface area contributed by atoms with Gasteiger partial charge in [-0.05, 0) is 49.6 Å². The van der Waals surface area contributed by atoms with Gasteiger partial charge in [-0.2, -0.15) is 0 Å². The van der Waals surface area contributed by atoms with Gasteiger partial charge in [-0.25, -0.2) is 4.79 Å². The molecule has 1 aromatic carbocycles. The molecule has 1 aliphatic heterocycles. The number of hydrogen-bond donors (Lipinski definition) is 1. The fraction of sp³-hybridized carbons (Fsp3) is 0.562. The predicted octanol–water partition coefficient (Wildman–Crippen LogP) is 2.01. The Morgan fingerprint density at radius 3 is 2.70 bits per heavy atom. The van der Waals surface area contributed by atoms with Crippen molar-refractivity contribution in [1.29, 1.82) is 0 Å². The van der Waals surface area contributed by atoms with Gasteiger partial charge >= 0.3 is 5.97 Å². The van der Waals surface area contributed by atoms with E-state index in [2.05, 4.69) is 16.8 Å². The van der Waals surface area contributed by atoms with Gasteiger partial charge in [0.2, 0.25) is 0 Å². The molecule has 1 saturated heterocycles. The summed E-state index contributed by atoms with van der Waals surface area (Å²) in [6.45, 7) is 4.47. The minimum atomic E-state index is -0.825. The van der Waals surface area contributed by atoms with Crippen molar-refractivity contribution in [3.8, 4) is 0 Å². The Balaban J connectivity index is 1.84. The lowest BCUT2D eigenvalue weighted by Gasteiger charge is -2.40. The summed E-state index contributed by atoms with van der Waals surface area (Å²) in [5.41, 5.74) is 3.01. The summed E-state index contributed by atoms with van der Waals surface area (Å²) >= 11 is 0. The third-order valence-electron chi connectivity index (χ3n) is 4.65. The molecule has 4 nitrogen and oxygen atoms in total. The Kier molecular flexibility index (Phi) is 3.76. The zero-order chi connectivity index (χ0) is 14.1. The number of carboxylic acids is 1. The molecule has 0 amide bonds. The first kappa shape index (κ1) is 13.6. The molecule has 1 aliphatic carbocycles. The first-order valence-corrected chi connectivity index (χ1v) is 7.44. The number of piperazine rings is 1. The fourth-order valence-corrected chi connectivity index (χ4v) is 3.43. The van der Waals surface area contributed by atoms with E-state index in [1.807, 2.05) is 12.1 Å². The monoisotopic (exact) mass is 274 g/mol. The first-order valence-electron chi connectivity index (χ1n) is 7.44. The van der Waals surface area contributed by atoms with Gasteiger partial charge in [0, 0.05) is 32.2 Å². The SMILES string of the molecule is CN1CCN(C2CCCc3cc(C(=O)O)ccc32)CC1. The van der Waals surface area contributed by atoms with Gasteiger partial charge in [0.1, 0.15) is 0 Å². The molecule has 1 unspecified atom stereocenters. The Hall–Kier alpha value is -1.39. The topological polar surface area (TPSA) is 43.8 Å². The number of rotatable bonds is 2.